The molecular formula is C18H24N4O3S. The highest BCUT2D eigenvalue weighted by Gasteiger charge is 2.38. The quantitative estimate of drug-likeness (QED) is 0.891. The molecule has 2 aromatic rings. The van der Waals surface area contributed by atoms with Gasteiger partial charge in [-0.1, -0.05) is 30.3 Å². The highest BCUT2D eigenvalue weighted by molar-refractivity contribution is 7.92. The van der Waals surface area contributed by atoms with Gasteiger partial charge < -0.3 is 10.2 Å². The topological polar surface area (TPSA) is 84.3 Å². The number of aromatic nitrogens is 2. The second-order valence-electron chi connectivity index (χ2n) is 7.16. The molecule has 1 aliphatic heterocycles. The molecule has 0 atom stereocenters. The average molecular weight is 376 g/mol. The van der Waals surface area contributed by atoms with Crippen LogP contribution in [0.2, 0.25) is 0 Å². The van der Waals surface area contributed by atoms with Crippen LogP contribution in [-0.2, 0) is 16.4 Å². The molecule has 140 valence electrons. The summed E-state index contributed by atoms with van der Waals surface area (Å²) in [6.07, 6.45) is 3.79. The first-order valence-electron chi connectivity index (χ1n) is 8.61. The van der Waals surface area contributed by atoms with Crippen molar-refractivity contribution >= 4 is 21.6 Å². The van der Waals surface area contributed by atoms with Gasteiger partial charge in [0, 0.05) is 19.3 Å². The molecular weight excluding hydrogens is 352 g/mol. The van der Waals surface area contributed by atoms with Crippen LogP contribution in [0.1, 0.15) is 25.8 Å². The highest BCUT2D eigenvalue weighted by Crippen LogP contribution is 2.25. The number of amides is 2. The van der Waals surface area contributed by atoms with Crippen molar-refractivity contribution < 1.29 is 13.2 Å². The first kappa shape index (κ1) is 18.4. The normalized spacial score (nSPS) is 18.9. The Morgan fingerprint density at radius 1 is 1.23 bits per heavy atom. The van der Waals surface area contributed by atoms with E-state index in [0.29, 0.717) is 25.2 Å². The molecule has 0 unspecified atom stereocenters. The molecule has 0 aliphatic carbocycles. The summed E-state index contributed by atoms with van der Waals surface area (Å²) in [5, 5.41) is 7.07. The number of rotatable bonds is 3. The second kappa shape index (κ2) is 7.11. The van der Waals surface area contributed by atoms with Crippen molar-refractivity contribution in [1.29, 1.82) is 0 Å². The first-order chi connectivity index (χ1) is 12.3. The fourth-order valence-electron chi connectivity index (χ4n) is 2.87. The molecule has 1 N–H and O–H groups in total. The largest absolute Gasteiger partial charge is 0.323 e. The number of carbonyl (C=O) groups is 1. The lowest BCUT2D eigenvalue weighted by Gasteiger charge is -2.22. The fraction of sp³-hybridized carbons (Fsp3) is 0.444. The Morgan fingerprint density at radius 3 is 2.69 bits per heavy atom. The zero-order valence-corrected chi connectivity index (χ0v) is 15.9. The minimum atomic E-state index is -3.21. The molecule has 8 heteroatoms. The fourth-order valence-corrected chi connectivity index (χ4v) is 4.28. The SMILES string of the molecule is CC1(C)CCN(C(=O)Nc2cnn(Cc3ccccc3)c2)CCS1(=O)=O. The van der Waals surface area contributed by atoms with Crippen molar-refractivity contribution in [3.63, 3.8) is 0 Å². The number of carbonyl (C=O) groups excluding carboxylic acids is 1. The van der Waals surface area contributed by atoms with Gasteiger partial charge in [-0.05, 0) is 25.8 Å². The number of nitrogens with one attached hydrogen (secondary N) is 1. The van der Waals surface area contributed by atoms with Crippen LogP contribution in [0.4, 0.5) is 10.5 Å². The van der Waals surface area contributed by atoms with Gasteiger partial charge in [-0.15, -0.1) is 0 Å². The monoisotopic (exact) mass is 376 g/mol. The van der Waals surface area contributed by atoms with E-state index in [1.54, 1.807) is 35.8 Å². The van der Waals surface area contributed by atoms with Gasteiger partial charge in [-0.25, -0.2) is 13.2 Å². The number of benzene rings is 1. The van der Waals surface area contributed by atoms with E-state index in [1.807, 2.05) is 30.3 Å². The molecule has 0 radical (unpaired) electrons. The summed E-state index contributed by atoms with van der Waals surface area (Å²) in [6.45, 7) is 4.67. The first-order valence-corrected chi connectivity index (χ1v) is 10.3. The van der Waals surface area contributed by atoms with E-state index >= 15 is 0 Å². The van der Waals surface area contributed by atoms with Crippen molar-refractivity contribution in [3.8, 4) is 0 Å². The molecule has 2 amide bonds. The van der Waals surface area contributed by atoms with E-state index in [1.165, 1.54) is 0 Å². The molecule has 1 aromatic carbocycles. The minimum absolute atomic E-state index is 0.0132. The molecule has 7 nitrogen and oxygen atoms in total. The van der Waals surface area contributed by atoms with Gasteiger partial charge in [0.1, 0.15) is 0 Å². The molecule has 1 saturated heterocycles. The summed E-state index contributed by atoms with van der Waals surface area (Å²) in [7, 11) is -3.21. The molecule has 0 spiro atoms. The lowest BCUT2D eigenvalue weighted by molar-refractivity contribution is 0.214. The summed E-state index contributed by atoms with van der Waals surface area (Å²) in [5.41, 5.74) is 1.71. The van der Waals surface area contributed by atoms with Crippen molar-refractivity contribution in [2.24, 2.45) is 0 Å². The van der Waals surface area contributed by atoms with Gasteiger partial charge in [0.2, 0.25) is 0 Å². The van der Waals surface area contributed by atoms with Crippen LogP contribution in [0.5, 0.6) is 0 Å². The van der Waals surface area contributed by atoms with Gasteiger partial charge in [-0.2, -0.15) is 5.10 Å². The molecule has 2 heterocycles. The molecule has 1 fully saturated rings. The maximum Gasteiger partial charge on any atom is 0.321 e. The molecule has 0 bridgehead atoms. The molecule has 0 saturated carbocycles. The zero-order chi connectivity index (χ0) is 18.8. The lowest BCUT2D eigenvalue weighted by atomic mass is 10.1. The van der Waals surface area contributed by atoms with Gasteiger partial charge >= 0.3 is 6.03 Å². The third kappa shape index (κ3) is 4.07. The third-order valence-electron chi connectivity index (χ3n) is 4.81. The third-order valence-corrected chi connectivity index (χ3v) is 7.42. The standard InChI is InChI=1S/C18H24N4O3S/c1-18(2)8-9-21(10-11-26(18,24)25)17(23)20-16-12-19-22(14-16)13-15-6-4-3-5-7-15/h3-7,12,14H,8-11,13H2,1-2H3,(H,20,23). The maximum absolute atomic E-state index is 12.5. The van der Waals surface area contributed by atoms with Crippen LogP contribution in [0.3, 0.4) is 0 Å². The van der Waals surface area contributed by atoms with Crippen LogP contribution in [-0.4, -0.2) is 52.7 Å². The van der Waals surface area contributed by atoms with Crippen LogP contribution in [0.15, 0.2) is 42.7 Å². The lowest BCUT2D eigenvalue weighted by Crippen LogP contribution is -2.37. The second-order valence-corrected chi connectivity index (χ2v) is 9.90. The smallest absolute Gasteiger partial charge is 0.321 e. The Kier molecular flexibility index (Phi) is 5.04. The van der Waals surface area contributed by atoms with Crippen molar-refractivity contribution in [1.82, 2.24) is 14.7 Å². The van der Waals surface area contributed by atoms with Gasteiger partial charge in [0.05, 0.1) is 28.9 Å². The van der Waals surface area contributed by atoms with Crippen molar-refractivity contribution in [2.75, 3.05) is 24.2 Å². The summed E-state index contributed by atoms with van der Waals surface area (Å²) in [5.74, 6) is -0.0132. The maximum atomic E-state index is 12.5. The van der Waals surface area contributed by atoms with E-state index in [-0.39, 0.29) is 18.3 Å². The van der Waals surface area contributed by atoms with E-state index < -0.39 is 14.6 Å². The number of hydrogen-bond acceptors (Lipinski definition) is 4. The number of hydrogen-bond donors (Lipinski definition) is 1. The Labute approximate surface area is 153 Å². The van der Waals surface area contributed by atoms with E-state index in [0.717, 1.165) is 5.56 Å². The van der Waals surface area contributed by atoms with Crippen molar-refractivity contribution in [2.45, 2.75) is 31.6 Å². The zero-order valence-electron chi connectivity index (χ0n) is 15.1. The van der Waals surface area contributed by atoms with Crippen LogP contribution in [0.25, 0.3) is 0 Å². The Bertz CT molecular complexity index is 875. The Hall–Kier alpha value is -2.35. The van der Waals surface area contributed by atoms with Gasteiger partial charge in [0.15, 0.2) is 9.84 Å². The number of urea groups is 1. The predicted octanol–water partition coefficient (Wildman–Crippen LogP) is 2.36. The number of anilines is 1. The van der Waals surface area contributed by atoms with E-state index in [4.69, 9.17) is 0 Å². The number of nitrogens with zero attached hydrogens (tertiary/aromatic N) is 3. The Morgan fingerprint density at radius 2 is 1.96 bits per heavy atom. The predicted molar refractivity (Wildman–Crippen MR) is 101 cm³/mol. The molecule has 1 aromatic heterocycles. The minimum Gasteiger partial charge on any atom is -0.323 e. The summed E-state index contributed by atoms with van der Waals surface area (Å²) in [4.78, 5) is 14.0. The summed E-state index contributed by atoms with van der Waals surface area (Å²) < 4.78 is 25.5. The molecule has 26 heavy (non-hydrogen) atoms. The molecule has 3 rings (SSSR count). The average Bonchev–Trinajstić information content (AvgIpc) is 2.97. The van der Waals surface area contributed by atoms with Gasteiger partial charge in [-0.3, -0.25) is 4.68 Å². The highest BCUT2D eigenvalue weighted by atomic mass is 32.2. The van der Waals surface area contributed by atoms with E-state index in [2.05, 4.69) is 10.4 Å². The van der Waals surface area contributed by atoms with Crippen LogP contribution >= 0.6 is 0 Å². The van der Waals surface area contributed by atoms with E-state index in [9.17, 15) is 13.2 Å². The summed E-state index contributed by atoms with van der Waals surface area (Å²) in [6, 6.07) is 9.63. The summed E-state index contributed by atoms with van der Waals surface area (Å²) >= 11 is 0. The van der Waals surface area contributed by atoms with Crippen LogP contribution in [0, 0.1) is 0 Å². The van der Waals surface area contributed by atoms with Crippen molar-refractivity contribution in [3.05, 3.63) is 48.3 Å². The molecule has 1 aliphatic rings. The van der Waals surface area contributed by atoms with Crippen LogP contribution < -0.4 is 5.32 Å². The van der Waals surface area contributed by atoms with Gasteiger partial charge in [0.25, 0.3) is 0 Å². The number of sulfone groups is 1. The Balaban J connectivity index is 1.62.